The number of ketones is 1. The average Bonchev–Trinajstić information content (AvgIpc) is 3.20. The van der Waals surface area contributed by atoms with Gasteiger partial charge in [0, 0.05) is 6.54 Å². The molecule has 1 atom stereocenters. The first kappa shape index (κ1) is 29.2. The highest BCUT2D eigenvalue weighted by Crippen LogP contribution is 2.38. The number of allylic oxidation sites excluding steroid dienone is 1. The van der Waals surface area contributed by atoms with E-state index in [1.807, 2.05) is 54.6 Å². The molecule has 2 aromatic carbocycles. The molecule has 0 saturated carbocycles. The van der Waals surface area contributed by atoms with E-state index in [0.29, 0.717) is 13.2 Å². The van der Waals surface area contributed by atoms with Gasteiger partial charge in [-0.15, -0.1) is 0 Å². The molecule has 0 saturated heterocycles. The van der Waals surface area contributed by atoms with Crippen LogP contribution >= 0.6 is 0 Å². The third-order valence-electron chi connectivity index (χ3n) is 7.03. The van der Waals surface area contributed by atoms with Gasteiger partial charge in [-0.3, -0.25) is 9.59 Å². The summed E-state index contributed by atoms with van der Waals surface area (Å²) >= 11 is 0. The first-order chi connectivity index (χ1) is 18.5. The molecule has 1 aliphatic rings. The van der Waals surface area contributed by atoms with Crippen molar-refractivity contribution in [3.05, 3.63) is 83.1 Å². The molecule has 0 aromatic heterocycles. The molecule has 0 bridgehead atoms. The highest BCUT2D eigenvalue weighted by Gasteiger charge is 2.42. The summed E-state index contributed by atoms with van der Waals surface area (Å²) < 4.78 is 5.89. The zero-order chi connectivity index (χ0) is 27.3. The van der Waals surface area contributed by atoms with Crippen molar-refractivity contribution < 1.29 is 19.4 Å². The largest absolute Gasteiger partial charge is 0.503 e. The summed E-state index contributed by atoms with van der Waals surface area (Å²) in [5.74, 6) is -0.570. The molecule has 1 N–H and O–H groups in total. The first-order valence-electron chi connectivity index (χ1n) is 14.0. The number of nitrogens with zero attached hydrogens (tertiary/aromatic N) is 2. The van der Waals surface area contributed by atoms with E-state index in [9.17, 15) is 14.7 Å². The number of benzene rings is 2. The van der Waals surface area contributed by atoms with Gasteiger partial charge in [0.1, 0.15) is 5.75 Å². The molecule has 0 radical (unpaired) electrons. The third-order valence-corrected chi connectivity index (χ3v) is 7.03. The quantitative estimate of drug-likeness (QED) is 0.207. The van der Waals surface area contributed by atoms with Gasteiger partial charge in [0.25, 0.3) is 5.91 Å². The van der Waals surface area contributed by atoms with Crippen LogP contribution in [0, 0.1) is 0 Å². The molecule has 3 rings (SSSR count). The number of hydrogen-bond acceptors (Lipinski definition) is 5. The zero-order valence-electron chi connectivity index (χ0n) is 23.1. The molecule has 6 nitrogen and oxygen atoms in total. The number of unbranched alkanes of at least 4 members (excludes halogenated alkanes) is 3. The first-order valence-corrected chi connectivity index (χ1v) is 14.0. The molecular formula is C32H42N2O4. The monoisotopic (exact) mass is 518 g/mol. The fourth-order valence-corrected chi connectivity index (χ4v) is 4.78. The van der Waals surface area contributed by atoms with Crippen molar-refractivity contribution in [3.8, 4) is 5.75 Å². The lowest BCUT2D eigenvalue weighted by Crippen LogP contribution is -2.34. The molecule has 0 fully saturated rings. The highest BCUT2D eigenvalue weighted by atomic mass is 16.5. The Bertz CT molecular complexity index is 1090. The second-order valence-corrected chi connectivity index (χ2v) is 9.63. The van der Waals surface area contributed by atoms with Gasteiger partial charge in [0.2, 0.25) is 0 Å². The Morgan fingerprint density at radius 1 is 0.974 bits per heavy atom. The molecule has 1 unspecified atom stereocenters. The van der Waals surface area contributed by atoms with Crippen molar-refractivity contribution in [2.75, 3.05) is 32.8 Å². The van der Waals surface area contributed by atoms with Gasteiger partial charge in [-0.1, -0.05) is 88.6 Å². The van der Waals surface area contributed by atoms with Crippen LogP contribution in [0.2, 0.25) is 0 Å². The minimum atomic E-state index is -0.647. The van der Waals surface area contributed by atoms with Crippen LogP contribution in [0.5, 0.6) is 5.75 Å². The fraction of sp³-hybridized carbons (Fsp3) is 0.438. The van der Waals surface area contributed by atoms with Gasteiger partial charge in [-0.25, -0.2) is 0 Å². The van der Waals surface area contributed by atoms with Crippen LogP contribution < -0.4 is 4.74 Å². The third kappa shape index (κ3) is 7.81. The average molecular weight is 519 g/mol. The maximum Gasteiger partial charge on any atom is 0.290 e. The summed E-state index contributed by atoms with van der Waals surface area (Å²) in [5, 5.41) is 10.9. The smallest absolute Gasteiger partial charge is 0.290 e. The van der Waals surface area contributed by atoms with Crippen LogP contribution in [-0.2, 0) is 9.59 Å². The number of aliphatic hydroxyl groups excluding tert-OH is 1. The summed E-state index contributed by atoms with van der Waals surface area (Å²) in [4.78, 5) is 30.5. The van der Waals surface area contributed by atoms with Gasteiger partial charge in [-0.05, 0) is 61.8 Å². The van der Waals surface area contributed by atoms with E-state index in [4.69, 9.17) is 4.74 Å². The van der Waals surface area contributed by atoms with E-state index in [0.717, 1.165) is 55.8 Å². The molecular weight excluding hydrogens is 476 g/mol. The standard InChI is InChI=1S/C32H42N2O4/c1-4-7-8-12-24-38-27-19-17-26(18-20-27)30-29(28(35)21-16-25-14-10-9-11-15-25)31(36)32(37)34(30)23-13-22-33(5-2)6-3/h9-11,14-21,30,36H,4-8,12-13,22-24H2,1-3H3. The van der Waals surface area contributed by atoms with Crippen molar-refractivity contribution in [1.29, 1.82) is 0 Å². The van der Waals surface area contributed by atoms with E-state index in [-0.39, 0.29) is 11.4 Å². The van der Waals surface area contributed by atoms with E-state index in [1.165, 1.54) is 18.9 Å². The van der Waals surface area contributed by atoms with Crippen LogP contribution in [-0.4, -0.2) is 59.4 Å². The van der Waals surface area contributed by atoms with Crippen molar-refractivity contribution in [2.24, 2.45) is 0 Å². The van der Waals surface area contributed by atoms with Crippen molar-refractivity contribution >= 4 is 17.8 Å². The molecule has 1 amide bonds. The van der Waals surface area contributed by atoms with Gasteiger partial charge < -0.3 is 19.6 Å². The Morgan fingerprint density at radius 2 is 1.68 bits per heavy atom. The Hall–Kier alpha value is -3.38. The predicted octanol–water partition coefficient (Wildman–Crippen LogP) is 6.36. The molecule has 1 aliphatic heterocycles. The lowest BCUT2D eigenvalue weighted by Gasteiger charge is -2.28. The minimum Gasteiger partial charge on any atom is -0.503 e. The lowest BCUT2D eigenvalue weighted by molar-refractivity contribution is -0.129. The normalized spacial score (nSPS) is 15.7. The van der Waals surface area contributed by atoms with Crippen LogP contribution in [0.1, 0.15) is 70.0 Å². The molecule has 0 aliphatic carbocycles. The number of aliphatic hydroxyl groups is 1. The van der Waals surface area contributed by atoms with Crippen LogP contribution in [0.4, 0.5) is 0 Å². The van der Waals surface area contributed by atoms with Gasteiger partial charge in [-0.2, -0.15) is 0 Å². The second-order valence-electron chi connectivity index (χ2n) is 9.63. The second kappa shape index (κ2) is 15.1. The molecule has 0 spiro atoms. The summed E-state index contributed by atoms with van der Waals surface area (Å²) in [7, 11) is 0. The van der Waals surface area contributed by atoms with Crippen LogP contribution in [0.3, 0.4) is 0 Å². The summed E-state index contributed by atoms with van der Waals surface area (Å²) in [6.45, 7) is 10.2. The summed E-state index contributed by atoms with van der Waals surface area (Å²) in [6.07, 6.45) is 8.44. The number of ether oxygens (including phenoxy) is 1. The maximum absolute atomic E-state index is 13.4. The predicted molar refractivity (Wildman–Crippen MR) is 153 cm³/mol. The summed E-state index contributed by atoms with van der Waals surface area (Å²) in [5.41, 5.74) is 1.77. The van der Waals surface area contributed by atoms with Crippen LogP contribution in [0.25, 0.3) is 6.08 Å². The van der Waals surface area contributed by atoms with E-state index in [1.54, 1.807) is 11.0 Å². The van der Waals surface area contributed by atoms with Crippen LogP contribution in [0.15, 0.2) is 72.0 Å². The molecule has 204 valence electrons. The maximum atomic E-state index is 13.4. The van der Waals surface area contributed by atoms with Crippen molar-refractivity contribution in [2.45, 2.75) is 58.9 Å². The topological polar surface area (TPSA) is 70.1 Å². The Balaban J connectivity index is 1.82. The number of rotatable bonds is 16. The van der Waals surface area contributed by atoms with E-state index in [2.05, 4.69) is 25.7 Å². The fourth-order valence-electron chi connectivity index (χ4n) is 4.78. The Kier molecular flexibility index (Phi) is 11.6. The Labute approximate surface area is 227 Å². The number of carbonyl (C=O) groups excluding carboxylic acids is 2. The lowest BCUT2D eigenvalue weighted by atomic mass is 9.95. The van der Waals surface area contributed by atoms with Gasteiger partial charge in [0.05, 0.1) is 18.2 Å². The van der Waals surface area contributed by atoms with E-state index >= 15 is 0 Å². The number of amides is 1. The minimum absolute atomic E-state index is 0.123. The SMILES string of the molecule is CCCCCCOc1ccc(C2C(C(=O)C=Cc3ccccc3)=C(O)C(=O)N2CCCN(CC)CC)cc1. The number of hydrogen-bond donors (Lipinski definition) is 1. The molecule has 1 heterocycles. The van der Waals surface area contributed by atoms with Gasteiger partial charge in [0.15, 0.2) is 11.5 Å². The van der Waals surface area contributed by atoms with Crippen molar-refractivity contribution in [3.63, 3.8) is 0 Å². The molecule has 6 heteroatoms. The van der Waals surface area contributed by atoms with E-state index < -0.39 is 17.7 Å². The molecule has 2 aromatic rings. The highest BCUT2D eigenvalue weighted by molar-refractivity contribution is 6.14. The number of carbonyl (C=O) groups is 2. The van der Waals surface area contributed by atoms with Gasteiger partial charge >= 0.3 is 0 Å². The molecule has 38 heavy (non-hydrogen) atoms. The summed E-state index contributed by atoms with van der Waals surface area (Å²) in [6, 6.07) is 16.4. The Morgan fingerprint density at radius 3 is 2.34 bits per heavy atom. The van der Waals surface area contributed by atoms with Crippen molar-refractivity contribution in [1.82, 2.24) is 9.80 Å². The zero-order valence-corrected chi connectivity index (χ0v) is 23.1.